The summed E-state index contributed by atoms with van der Waals surface area (Å²) in [5.41, 5.74) is -0.365. The number of aromatic nitrogens is 2. The van der Waals surface area contributed by atoms with E-state index in [-0.39, 0.29) is 10.9 Å². The van der Waals surface area contributed by atoms with Crippen LogP contribution in [0, 0.1) is 6.92 Å². The Balaban J connectivity index is 2.02. The number of carbonyl (C=O) groups excluding carboxylic acids is 1. The summed E-state index contributed by atoms with van der Waals surface area (Å²) in [7, 11) is 0. The molecule has 2 rings (SSSR count). The molecule has 22 heavy (non-hydrogen) atoms. The third-order valence-corrected chi connectivity index (χ3v) is 3.65. The van der Waals surface area contributed by atoms with E-state index in [9.17, 15) is 18.0 Å². The van der Waals surface area contributed by atoms with E-state index in [1.807, 2.05) is 0 Å². The fourth-order valence-corrected chi connectivity index (χ4v) is 2.60. The molecule has 0 aliphatic rings. The van der Waals surface area contributed by atoms with E-state index in [2.05, 4.69) is 20.8 Å². The van der Waals surface area contributed by atoms with Crippen LogP contribution in [0.3, 0.4) is 0 Å². The lowest BCUT2D eigenvalue weighted by atomic mass is 10.2. The number of urea groups is 1. The Morgan fingerprint density at radius 1 is 1.50 bits per heavy atom. The van der Waals surface area contributed by atoms with Gasteiger partial charge in [0.2, 0.25) is 5.88 Å². The highest BCUT2D eigenvalue weighted by Gasteiger charge is 2.34. The normalized spacial score (nSPS) is 13.0. The Bertz CT molecular complexity index is 653. The van der Waals surface area contributed by atoms with Crippen LogP contribution in [0.5, 0.6) is 0 Å². The van der Waals surface area contributed by atoms with E-state index in [1.165, 1.54) is 6.07 Å². The number of nitrogens with one attached hydrogen (secondary N) is 2. The molecule has 0 saturated heterocycles. The van der Waals surface area contributed by atoms with E-state index < -0.39 is 23.9 Å². The molecule has 0 fully saturated rings. The highest BCUT2D eigenvalue weighted by molar-refractivity contribution is 7.09. The minimum absolute atomic E-state index is 0.153. The third-order valence-electron chi connectivity index (χ3n) is 2.69. The fraction of sp³-hybridized carbons (Fsp3) is 0.417. The molecule has 1 atom stereocenters. The zero-order valence-electron chi connectivity index (χ0n) is 11.7. The molecule has 1 unspecified atom stereocenters. The molecule has 0 aromatic carbocycles. The molecule has 120 valence electrons. The molecular weight excluding hydrogens is 321 g/mol. The maximum absolute atomic E-state index is 12.5. The third kappa shape index (κ3) is 3.97. The molecule has 2 amide bonds. The Hall–Kier alpha value is -2.10. The molecule has 2 aromatic heterocycles. The maximum atomic E-state index is 12.5. The van der Waals surface area contributed by atoms with Crippen LogP contribution in [0.25, 0.3) is 0 Å². The van der Waals surface area contributed by atoms with Gasteiger partial charge in [-0.1, -0.05) is 12.1 Å². The van der Waals surface area contributed by atoms with Crippen molar-refractivity contribution in [1.82, 2.24) is 15.5 Å². The molecule has 2 aromatic rings. The lowest BCUT2D eigenvalue weighted by molar-refractivity contribution is -0.140. The van der Waals surface area contributed by atoms with Gasteiger partial charge in [-0.15, -0.1) is 11.3 Å². The van der Waals surface area contributed by atoms with Crippen LogP contribution in [0.15, 0.2) is 16.0 Å². The molecule has 0 bridgehead atoms. The summed E-state index contributed by atoms with van der Waals surface area (Å²) in [5.74, 6) is 0.153. The van der Waals surface area contributed by atoms with Crippen molar-refractivity contribution >= 4 is 23.3 Å². The summed E-state index contributed by atoms with van der Waals surface area (Å²) in [6.45, 7) is 3.42. The van der Waals surface area contributed by atoms with E-state index in [0.29, 0.717) is 12.1 Å². The molecule has 0 aliphatic carbocycles. The summed E-state index contributed by atoms with van der Waals surface area (Å²) < 4.78 is 42.5. The SMILES string of the molecule is CCC(NC(=O)Nc1cc(C)no1)c1nc(C(F)(F)F)cs1. The van der Waals surface area contributed by atoms with Gasteiger partial charge in [-0.2, -0.15) is 13.2 Å². The molecule has 10 heteroatoms. The van der Waals surface area contributed by atoms with Crippen LogP contribution >= 0.6 is 11.3 Å². The lowest BCUT2D eigenvalue weighted by Gasteiger charge is -2.14. The Morgan fingerprint density at radius 2 is 2.23 bits per heavy atom. The molecule has 0 saturated carbocycles. The standard InChI is InChI=1S/C12H13F3N4O2S/c1-3-7(10-17-8(5-22-10)12(13,14)15)16-11(20)18-9-4-6(2)19-21-9/h4-5,7H,3H2,1-2H3,(H2,16,18,20). The predicted molar refractivity (Wildman–Crippen MR) is 73.5 cm³/mol. The van der Waals surface area contributed by atoms with Crippen molar-refractivity contribution in [2.24, 2.45) is 0 Å². The van der Waals surface area contributed by atoms with Crippen molar-refractivity contribution < 1.29 is 22.5 Å². The second-order valence-corrected chi connectivity index (χ2v) is 5.35. The number of hydrogen-bond acceptors (Lipinski definition) is 5. The number of alkyl halides is 3. The van der Waals surface area contributed by atoms with Crippen LogP contribution in [-0.2, 0) is 6.18 Å². The molecule has 2 heterocycles. The van der Waals surface area contributed by atoms with Crippen molar-refractivity contribution in [3.05, 3.63) is 27.8 Å². The maximum Gasteiger partial charge on any atom is 0.434 e. The van der Waals surface area contributed by atoms with Gasteiger partial charge in [0.25, 0.3) is 0 Å². The number of carbonyl (C=O) groups is 1. The van der Waals surface area contributed by atoms with Gasteiger partial charge in [0.05, 0.1) is 11.7 Å². The van der Waals surface area contributed by atoms with Crippen LogP contribution in [0.4, 0.5) is 23.8 Å². The minimum atomic E-state index is -4.49. The topological polar surface area (TPSA) is 80.0 Å². The van der Waals surface area contributed by atoms with Crippen molar-refractivity contribution in [3.63, 3.8) is 0 Å². The monoisotopic (exact) mass is 334 g/mol. The zero-order chi connectivity index (χ0) is 16.3. The van der Waals surface area contributed by atoms with Gasteiger partial charge >= 0.3 is 12.2 Å². The van der Waals surface area contributed by atoms with Crippen molar-refractivity contribution in [3.8, 4) is 0 Å². The van der Waals surface area contributed by atoms with Crippen molar-refractivity contribution in [1.29, 1.82) is 0 Å². The average molecular weight is 334 g/mol. The number of nitrogens with zero attached hydrogens (tertiary/aromatic N) is 2. The van der Waals surface area contributed by atoms with Gasteiger partial charge in [0.15, 0.2) is 5.69 Å². The molecule has 0 aliphatic heterocycles. The Kier molecular flexibility index (Phi) is 4.69. The van der Waals surface area contributed by atoms with Gasteiger partial charge in [-0.05, 0) is 13.3 Å². The number of aryl methyl sites for hydroxylation is 1. The van der Waals surface area contributed by atoms with Crippen LogP contribution in [-0.4, -0.2) is 16.2 Å². The Labute approximate surface area is 127 Å². The van der Waals surface area contributed by atoms with Gasteiger partial charge in [0, 0.05) is 11.4 Å². The summed E-state index contributed by atoms with van der Waals surface area (Å²) in [5, 5.41) is 9.68. The van der Waals surface area contributed by atoms with E-state index >= 15 is 0 Å². The second-order valence-electron chi connectivity index (χ2n) is 4.46. The first-order chi connectivity index (χ1) is 10.3. The van der Waals surface area contributed by atoms with Crippen LogP contribution in [0.1, 0.15) is 35.8 Å². The number of anilines is 1. The van der Waals surface area contributed by atoms with E-state index in [0.717, 1.165) is 16.7 Å². The van der Waals surface area contributed by atoms with Crippen molar-refractivity contribution in [2.45, 2.75) is 32.5 Å². The second kappa shape index (κ2) is 6.34. The summed E-state index contributed by atoms with van der Waals surface area (Å²) >= 11 is 0.852. The van der Waals surface area contributed by atoms with Gasteiger partial charge in [-0.3, -0.25) is 5.32 Å². The first kappa shape index (κ1) is 16.3. The first-order valence-corrected chi connectivity index (χ1v) is 7.21. The summed E-state index contributed by atoms with van der Waals surface area (Å²) in [4.78, 5) is 15.3. The molecule has 6 nitrogen and oxygen atoms in total. The lowest BCUT2D eigenvalue weighted by Crippen LogP contribution is -2.32. The number of hydrogen-bond donors (Lipinski definition) is 2. The summed E-state index contributed by atoms with van der Waals surface area (Å²) in [6, 6.07) is 0.294. The highest BCUT2D eigenvalue weighted by Crippen LogP contribution is 2.32. The van der Waals surface area contributed by atoms with E-state index in [1.54, 1.807) is 13.8 Å². The average Bonchev–Trinajstić information content (AvgIpc) is 3.04. The number of halogens is 3. The van der Waals surface area contributed by atoms with Crippen LogP contribution in [0.2, 0.25) is 0 Å². The van der Waals surface area contributed by atoms with Crippen molar-refractivity contribution in [2.75, 3.05) is 5.32 Å². The molecular formula is C12H13F3N4O2S. The fourth-order valence-electron chi connectivity index (χ4n) is 1.65. The first-order valence-electron chi connectivity index (χ1n) is 6.33. The van der Waals surface area contributed by atoms with Gasteiger partial charge in [0.1, 0.15) is 5.01 Å². The molecule has 2 N–H and O–H groups in total. The number of rotatable bonds is 4. The van der Waals surface area contributed by atoms with Gasteiger partial charge < -0.3 is 9.84 Å². The smallest absolute Gasteiger partial charge is 0.338 e. The predicted octanol–water partition coefficient (Wildman–Crippen LogP) is 3.73. The largest absolute Gasteiger partial charge is 0.434 e. The molecule has 0 radical (unpaired) electrons. The van der Waals surface area contributed by atoms with Crippen LogP contribution < -0.4 is 10.6 Å². The van der Waals surface area contributed by atoms with Gasteiger partial charge in [-0.25, -0.2) is 9.78 Å². The quantitative estimate of drug-likeness (QED) is 0.893. The summed E-state index contributed by atoms with van der Waals surface area (Å²) in [6.07, 6.45) is -4.10. The van der Waals surface area contributed by atoms with E-state index in [4.69, 9.17) is 4.52 Å². The highest BCUT2D eigenvalue weighted by atomic mass is 32.1. The number of thiazole rings is 1. The Morgan fingerprint density at radius 3 is 2.73 bits per heavy atom. The number of amides is 2. The minimum Gasteiger partial charge on any atom is -0.338 e. The molecule has 0 spiro atoms. The zero-order valence-corrected chi connectivity index (χ0v) is 12.5.